The lowest BCUT2D eigenvalue weighted by atomic mass is 9.95. The molecule has 1 saturated carbocycles. The van der Waals surface area contributed by atoms with Crippen molar-refractivity contribution in [3.8, 4) is 0 Å². The van der Waals surface area contributed by atoms with Crippen LogP contribution in [0, 0.1) is 18.8 Å². The Morgan fingerprint density at radius 1 is 1.33 bits per heavy atom. The summed E-state index contributed by atoms with van der Waals surface area (Å²) in [5, 5.41) is 22.4. The first kappa shape index (κ1) is 17.8. The van der Waals surface area contributed by atoms with Gasteiger partial charge in [0.2, 0.25) is 5.65 Å². The molecule has 0 spiro atoms. The molecule has 154 valence electrons. The van der Waals surface area contributed by atoms with E-state index < -0.39 is 6.10 Å². The van der Waals surface area contributed by atoms with E-state index in [4.69, 9.17) is 4.74 Å². The summed E-state index contributed by atoms with van der Waals surface area (Å²) in [4.78, 5) is 18.5. The van der Waals surface area contributed by atoms with Crippen molar-refractivity contribution in [3.05, 3.63) is 53.1 Å². The number of ether oxygens (including phenoxy) is 1. The van der Waals surface area contributed by atoms with Crippen molar-refractivity contribution in [1.82, 2.24) is 24.5 Å². The third-order valence-electron chi connectivity index (χ3n) is 6.79. The van der Waals surface area contributed by atoms with Gasteiger partial charge in [-0.25, -0.2) is 9.78 Å². The number of hydrogen-bond donors (Lipinski definition) is 2. The topological polar surface area (TPSA) is 105 Å². The van der Waals surface area contributed by atoms with Crippen molar-refractivity contribution in [2.45, 2.75) is 25.7 Å². The first-order valence-corrected chi connectivity index (χ1v) is 10.2. The van der Waals surface area contributed by atoms with Gasteiger partial charge in [-0.3, -0.25) is 9.30 Å². The van der Waals surface area contributed by atoms with Gasteiger partial charge in [0.25, 0.3) is 0 Å². The minimum absolute atomic E-state index is 0.274. The van der Waals surface area contributed by atoms with Gasteiger partial charge in [-0.2, -0.15) is 0 Å². The monoisotopic (exact) mass is 406 g/mol. The number of aliphatic hydroxyl groups is 1. The quantitative estimate of drug-likeness (QED) is 0.609. The third kappa shape index (κ3) is 2.69. The van der Waals surface area contributed by atoms with Crippen LogP contribution in [-0.4, -0.2) is 61.2 Å². The standard InChI is InChI=1S/C21H22N6O3/c1-11-12(2-3-13-16(11)9-30-21(13)29)17(28)8-26-6-14-15(7-26)18(14)24-19-20-25-23-10-27(20)5-4-22-19/h2-5,10,14-15,17-18,28H,6-9H2,1H3,(H,22,24)/t14?,15?,17-,18?/m0/s1. The summed E-state index contributed by atoms with van der Waals surface area (Å²) >= 11 is 0. The van der Waals surface area contributed by atoms with Crippen molar-refractivity contribution in [1.29, 1.82) is 0 Å². The molecule has 2 aliphatic heterocycles. The number of anilines is 1. The van der Waals surface area contributed by atoms with Crippen LogP contribution < -0.4 is 5.32 Å². The van der Waals surface area contributed by atoms with Crippen LogP contribution in [0.5, 0.6) is 0 Å². The van der Waals surface area contributed by atoms with Gasteiger partial charge in [0, 0.05) is 43.6 Å². The average molecular weight is 406 g/mol. The van der Waals surface area contributed by atoms with Crippen LogP contribution in [0.25, 0.3) is 5.65 Å². The number of piperidine rings is 1. The van der Waals surface area contributed by atoms with E-state index in [1.807, 2.05) is 23.6 Å². The Labute approximate surface area is 172 Å². The normalized spacial score (nSPS) is 25.8. The number of rotatable bonds is 5. The fraction of sp³-hybridized carbons (Fsp3) is 0.429. The molecule has 6 rings (SSSR count). The zero-order valence-corrected chi connectivity index (χ0v) is 16.5. The van der Waals surface area contributed by atoms with Gasteiger partial charge >= 0.3 is 5.97 Å². The first-order chi connectivity index (χ1) is 14.6. The summed E-state index contributed by atoms with van der Waals surface area (Å²) in [6.07, 6.45) is 4.67. The van der Waals surface area contributed by atoms with Gasteiger partial charge in [-0.15, -0.1) is 10.2 Å². The Morgan fingerprint density at radius 3 is 3.00 bits per heavy atom. The van der Waals surface area contributed by atoms with E-state index in [0.29, 0.717) is 36.6 Å². The predicted octanol–water partition coefficient (Wildman–Crippen LogP) is 1.18. The number of cyclic esters (lactones) is 1. The Morgan fingerprint density at radius 2 is 2.17 bits per heavy atom. The number of hydrogen-bond acceptors (Lipinski definition) is 8. The minimum atomic E-state index is -0.582. The molecule has 2 fully saturated rings. The molecule has 3 aliphatic rings. The van der Waals surface area contributed by atoms with Gasteiger partial charge in [0.15, 0.2) is 5.82 Å². The van der Waals surface area contributed by atoms with E-state index in [1.165, 1.54) is 0 Å². The van der Waals surface area contributed by atoms with Crippen LogP contribution in [-0.2, 0) is 11.3 Å². The van der Waals surface area contributed by atoms with Crippen molar-refractivity contribution >= 4 is 17.4 Å². The minimum Gasteiger partial charge on any atom is -0.457 e. The predicted molar refractivity (Wildman–Crippen MR) is 107 cm³/mol. The van der Waals surface area contributed by atoms with E-state index in [1.54, 1.807) is 18.6 Å². The maximum Gasteiger partial charge on any atom is 0.338 e. The molecule has 3 aromatic rings. The SMILES string of the molecule is Cc1c([C@@H](O)CN2CC3C(C2)C3Nc2nccn3cnnc23)ccc2c1COC2=O. The number of carbonyl (C=O) groups is 1. The van der Waals surface area contributed by atoms with Crippen LogP contribution in [0.3, 0.4) is 0 Å². The zero-order chi connectivity index (χ0) is 20.4. The third-order valence-corrected chi connectivity index (χ3v) is 6.79. The number of likely N-dealkylation sites (tertiary alicyclic amines) is 1. The molecule has 4 heterocycles. The number of aromatic nitrogens is 4. The van der Waals surface area contributed by atoms with Gasteiger partial charge in [-0.1, -0.05) is 6.07 Å². The van der Waals surface area contributed by atoms with Gasteiger partial charge in [0.1, 0.15) is 12.9 Å². The zero-order valence-electron chi connectivity index (χ0n) is 16.5. The summed E-state index contributed by atoms with van der Waals surface area (Å²) in [5.41, 5.74) is 4.10. The number of nitrogens with zero attached hydrogens (tertiary/aromatic N) is 5. The van der Waals surface area contributed by atoms with Crippen molar-refractivity contribution in [2.75, 3.05) is 25.0 Å². The Hall–Kier alpha value is -3.04. The highest BCUT2D eigenvalue weighted by Crippen LogP contribution is 2.47. The molecule has 9 nitrogen and oxygen atoms in total. The highest BCUT2D eigenvalue weighted by molar-refractivity contribution is 5.93. The molecule has 30 heavy (non-hydrogen) atoms. The highest BCUT2D eigenvalue weighted by Gasteiger charge is 2.56. The van der Waals surface area contributed by atoms with Crippen molar-refractivity contribution < 1.29 is 14.6 Å². The number of β-amino-alcohol motifs (C(OH)–C–C–N with tert-alkyl or cyclic N) is 1. The smallest absolute Gasteiger partial charge is 0.338 e. The summed E-state index contributed by atoms with van der Waals surface area (Å²) in [6.45, 7) is 4.74. The number of esters is 1. The number of carbonyl (C=O) groups excluding carboxylic acids is 1. The summed E-state index contributed by atoms with van der Waals surface area (Å²) in [5.74, 6) is 1.60. The second-order valence-corrected chi connectivity index (χ2v) is 8.45. The second kappa shape index (κ2) is 6.48. The van der Waals surface area contributed by atoms with Crippen LogP contribution in [0.2, 0.25) is 0 Å². The van der Waals surface area contributed by atoms with Crippen molar-refractivity contribution in [3.63, 3.8) is 0 Å². The van der Waals surface area contributed by atoms with E-state index in [9.17, 15) is 9.90 Å². The number of nitrogens with one attached hydrogen (secondary N) is 1. The van der Waals surface area contributed by atoms with Crippen molar-refractivity contribution in [2.24, 2.45) is 11.8 Å². The Kier molecular flexibility index (Phi) is 3.84. The van der Waals surface area contributed by atoms with Crippen LogP contribution in [0.1, 0.15) is 33.2 Å². The van der Waals surface area contributed by atoms with E-state index >= 15 is 0 Å². The molecular formula is C21H22N6O3. The fourth-order valence-electron chi connectivity index (χ4n) is 5.07. The summed E-state index contributed by atoms with van der Waals surface area (Å²) in [6, 6.07) is 4.02. The first-order valence-electron chi connectivity index (χ1n) is 10.2. The lowest BCUT2D eigenvalue weighted by Gasteiger charge is -2.24. The van der Waals surface area contributed by atoms with E-state index in [0.717, 1.165) is 41.2 Å². The molecule has 0 bridgehead atoms. The van der Waals surface area contributed by atoms with E-state index in [-0.39, 0.29) is 5.97 Å². The van der Waals surface area contributed by atoms with Crippen LogP contribution in [0.4, 0.5) is 5.82 Å². The molecule has 2 unspecified atom stereocenters. The van der Waals surface area contributed by atoms with Crippen LogP contribution >= 0.6 is 0 Å². The number of fused-ring (bicyclic) bond motifs is 3. The van der Waals surface area contributed by atoms with Gasteiger partial charge in [-0.05, 0) is 36.0 Å². The largest absolute Gasteiger partial charge is 0.457 e. The maximum absolute atomic E-state index is 11.7. The molecule has 2 N–H and O–H groups in total. The average Bonchev–Trinajstić information content (AvgIpc) is 3.18. The van der Waals surface area contributed by atoms with Crippen LogP contribution in [0.15, 0.2) is 30.9 Å². The number of benzene rings is 1. The fourth-order valence-corrected chi connectivity index (χ4v) is 5.07. The Balaban J connectivity index is 1.09. The van der Waals surface area contributed by atoms with Gasteiger partial charge in [0.05, 0.1) is 11.7 Å². The summed E-state index contributed by atoms with van der Waals surface area (Å²) < 4.78 is 6.98. The lowest BCUT2D eigenvalue weighted by molar-refractivity contribution is 0.0535. The molecule has 0 amide bonds. The van der Waals surface area contributed by atoms with Gasteiger partial charge < -0.3 is 15.2 Å². The molecule has 9 heteroatoms. The second-order valence-electron chi connectivity index (χ2n) is 8.45. The highest BCUT2D eigenvalue weighted by atomic mass is 16.5. The molecule has 2 aromatic heterocycles. The summed E-state index contributed by atoms with van der Waals surface area (Å²) in [7, 11) is 0. The van der Waals surface area contributed by atoms with E-state index in [2.05, 4.69) is 25.4 Å². The lowest BCUT2D eigenvalue weighted by Crippen LogP contribution is -2.32. The molecule has 1 aromatic carbocycles. The molecule has 0 radical (unpaired) electrons. The molecule has 1 saturated heterocycles. The Bertz CT molecular complexity index is 1150. The molecule has 3 atom stereocenters. The maximum atomic E-state index is 11.7. The number of aliphatic hydroxyl groups excluding tert-OH is 1. The molecule has 1 aliphatic carbocycles. The molecular weight excluding hydrogens is 384 g/mol.